The highest BCUT2D eigenvalue weighted by atomic mass is 31.2. The molecule has 1 saturated carbocycles. The first-order chi connectivity index (χ1) is 19.9. The topological polar surface area (TPSA) is 44.8 Å². The third-order valence-corrected chi connectivity index (χ3v) is 23.8. The minimum absolute atomic E-state index is 0.0755. The molecule has 1 aliphatic carbocycles. The molecule has 0 spiro atoms. The standard InChI is InChI=1S/C36H63O4PSi3/c1-34(2,3)43(11,12)38-32-27-29(25-26-41(37,30-21-17-15-18-22-30)31-23-19-16-20-24-31)28-33(36(32,7)40-42(8,9)10)39-44(13,14)35(4,5)6/h15-24,29,32-33H,25-28H2,1-14H3/t29?,32-,33-,36?/m1/s1. The van der Waals surface area contributed by atoms with Gasteiger partial charge < -0.3 is 17.8 Å². The molecule has 0 saturated heterocycles. The van der Waals surface area contributed by atoms with E-state index in [2.05, 4.69) is 94.3 Å². The molecule has 1 aliphatic rings. The van der Waals surface area contributed by atoms with Crippen LogP contribution in [0.1, 0.15) is 67.7 Å². The van der Waals surface area contributed by atoms with Gasteiger partial charge >= 0.3 is 0 Å². The Morgan fingerprint density at radius 2 is 1.07 bits per heavy atom. The summed E-state index contributed by atoms with van der Waals surface area (Å²) in [7, 11) is -9.07. The maximum absolute atomic E-state index is 15.0. The van der Waals surface area contributed by atoms with Crippen LogP contribution in [-0.2, 0) is 17.8 Å². The monoisotopic (exact) mass is 674 g/mol. The van der Waals surface area contributed by atoms with Gasteiger partial charge in [-0.25, -0.2) is 0 Å². The van der Waals surface area contributed by atoms with Gasteiger partial charge in [-0.2, -0.15) is 0 Å². The molecule has 0 N–H and O–H groups in total. The van der Waals surface area contributed by atoms with Crippen molar-refractivity contribution < 1.29 is 17.8 Å². The summed E-state index contributed by atoms with van der Waals surface area (Å²) in [6, 6.07) is 20.2. The predicted molar refractivity (Wildman–Crippen MR) is 199 cm³/mol. The van der Waals surface area contributed by atoms with Gasteiger partial charge in [0.1, 0.15) is 12.7 Å². The summed E-state index contributed by atoms with van der Waals surface area (Å²) in [4.78, 5) is 0. The zero-order chi connectivity index (χ0) is 33.4. The average molecular weight is 675 g/mol. The van der Waals surface area contributed by atoms with Crippen molar-refractivity contribution in [2.75, 3.05) is 6.16 Å². The van der Waals surface area contributed by atoms with E-state index in [-0.39, 0.29) is 22.3 Å². The summed E-state index contributed by atoms with van der Waals surface area (Å²) < 4.78 is 36.9. The second kappa shape index (κ2) is 13.4. The van der Waals surface area contributed by atoms with Crippen LogP contribution in [0.15, 0.2) is 60.7 Å². The van der Waals surface area contributed by atoms with Gasteiger partial charge in [0.05, 0.1) is 12.2 Å². The Labute approximate surface area is 273 Å². The van der Waals surface area contributed by atoms with E-state index in [0.717, 1.165) is 29.9 Å². The third kappa shape index (κ3) is 8.76. The molecule has 0 radical (unpaired) electrons. The van der Waals surface area contributed by atoms with Gasteiger partial charge in [-0.1, -0.05) is 102 Å². The van der Waals surface area contributed by atoms with Crippen molar-refractivity contribution in [1.29, 1.82) is 0 Å². The molecule has 248 valence electrons. The van der Waals surface area contributed by atoms with E-state index in [1.54, 1.807) is 0 Å². The van der Waals surface area contributed by atoms with Crippen molar-refractivity contribution in [3.8, 4) is 0 Å². The van der Waals surface area contributed by atoms with Crippen LogP contribution in [0.25, 0.3) is 0 Å². The Morgan fingerprint density at radius 3 is 1.39 bits per heavy atom. The lowest BCUT2D eigenvalue weighted by molar-refractivity contribution is -0.146. The molecule has 0 bridgehead atoms. The van der Waals surface area contributed by atoms with Crippen LogP contribution in [0, 0.1) is 5.92 Å². The molecule has 2 aromatic carbocycles. The zero-order valence-corrected chi connectivity index (χ0v) is 34.3. The molecule has 8 heteroatoms. The smallest absolute Gasteiger partial charge is 0.192 e. The Morgan fingerprint density at radius 1 is 0.705 bits per heavy atom. The molecular weight excluding hydrogens is 612 g/mol. The molecule has 0 unspecified atom stereocenters. The highest BCUT2D eigenvalue weighted by molar-refractivity contribution is 7.78. The van der Waals surface area contributed by atoms with Crippen molar-refractivity contribution in [2.24, 2.45) is 5.92 Å². The average Bonchev–Trinajstić information content (AvgIpc) is 2.88. The van der Waals surface area contributed by atoms with Gasteiger partial charge in [0.15, 0.2) is 25.0 Å². The predicted octanol–water partition coefficient (Wildman–Crippen LogP) is 10.2. The summed E-state index contributed by atoms with van der Waals surface area (Å²) in [5.41, 5.74) is -0.547. The van der Waals surface area contributed by atoms with Crippen molar-refractivity contribution in [1.82, 2.24) is 0 Å². The van der Waals surface area contributed by atoms with Crippen LogP contribution in [0.4, 0.5) is 0 Å². The fraction of sp³-hybridized carbons (Fsp3) is 0.667. The van der Waals surface area contributed by atoms with Crippen molar-refractivity contribution in [3.05, 3.63) is 60.7 Å². The second-order valence-electron chi connectivity index (χ2n) is 17.4. The summed E-state index contributed by atoms with van der Waals surface area (Å²) in [6.45, 7) is 32.5. The van der Waals surface area contributed by atoms with E-state index in [1.165, 1.54) is 0 Å². The molecule has 44 heavy (non-hydrogen) atoms. The molecule has 0 amide bonds. The number of benzene rings is 2. The van der Waals surface area contributed by atoms with Crippen LogP contribution >= 0.6 is 7.14 Å². The second-order valence-corrected chi connectivity index (χ2v) is 34.3. The van der Waals surface area contributed by atoms with Crippen LogP contribution in [0.5, 0.6) is 0 Å². The molecule has 0 aliphatic heterocycles. The van der Waals surface area contributed by atoms with Crippen LogP contribution < -0.4 is 10.6 Å². The third-order valence-electron chi connectivity index (χ3n) is 10.6. The van der Waals surface area contributed by atoms with Crippen LogP contribution in [-0.4, -0.2) is 48.9 Å². The zero-order valence-electron chi connectivity index (χ0n) is 30.4. The fourth-order valence-electron chi connectivity index (χ4n) is 5.91. The highest BCUT2D eigenvalue weighted by Crippen LogP contribution is 2.51. The van der Waals surface area contributed by atoms with Gasteiger partial charge in [-0.3, -0.25) is 0 Å². The first-order valence-corrected chi connectivity index (χ1v) is 27.8. The molecule has 0 heterocycles. The highest BCUT2D eigenvalue weighted by Gasteiger charge is 2.56. The van der Waals surface area contributed by atoms with Gasteiger partial charge in [0.2, 0.25) is 0 Å². The molecule has 2 aromatic rings. The number of hydrogen-bond donors (Lipinski definition) is 0. The first kappa shape index (κ1) is 37.7. The van der Waals surface area contributed by atoms with Crippen LogP contribution in [0.3, 0.4) is 0 Å². The fourth-order valence-corrected chi connectivity index (χ4v) is 13.1. The Bertz CT molecular complexity index is 1180. The SMILES string of the molecule is CC1(O[Si](C)(C)C)[C@H](O[Si](C)(C)C(C)(C)C)CC(CCP(=O)(c2ccccc2)c2ccccc2)C[C@H]1O[Si](C)(C)C(C)(C)C. The maximum atomic E-state index is 15.0. The molecule has 4 nitrogen and oxygen atoms in total. The van der Waals surface area contributed by atoms with Crippen LogP contribution in [0.2, 0.25) is 55.9 Å². The molecule has 3 rings (SSSR count). The minimum Gasteiger partial charge on any atom is -0.411 e. The summed E-state index contributed by atoms with van der Waals surface area (Å²) >= 11 is 0. The lowest BCUT2D eigenvalue weighted by Crippen LogP contribution is -2.66. The number of hydrogen-bond acceptors (Lipinski definition) is 4. The lowest BCUT2D eigenvalue weighted by atomic mass is 9.74. The van der Waals surface area contributed by atoms with E-state index in [1.807, 2.05) is 60.7 Å². The molecule has 0 aromatic heterocycles. The Hall–Kier alpha value is -0.799. The summed E-state index contributed by atoms with van der Waals surface area (Å²) in [5.74, 6) is 0.318. The van der Waals surface area contributed by atoms with E-state index in [9.17, 15) is 4.57 Å². The van der Waals surface area contributed by atoms with Gasteiger partial charge in [0, 0.05) is 16.8 Å². The Balaban J connectivity index is 2.07. The molecule has 1 fully saturated rings. The van der Waals surface area contributed by atoms with E-state index < -0.39 is 37.7 Å². The van der Waals surface area contributed by atoms with Crippen molar-refractivity contribution in [2.45, 2.75) is 141 Å². The van der Waals surface area contributed by atoms with E-state index in [4.69, 9.17) is 13.3 Å². The summed E-state index contributed by atoms with van der Waals surface area (Å²) in [6.07, 6.45) is 3.12. The first-order valence-electron chi connectivity index (χ1n) is 16.7. The maximum Gasteiger partial charge on any atom is 0.192 e. The summed E-state index contributed by atoms with van der Waals surface area (Å²) in [5, 5.41) is 2.03. The van der Waals surface area contributed by atoms with Gasteiger partial charge in [-0.15, -0.1) is 0 Å². The number of rotatable bonds is 11. The molecule has 2 atom stereocenters. The van der Waals surface area contributed by atoms with Gasteiger partial charge in [-0.05, 0) is 88.0 Å². The molecular formula is C36H63O4PSi3. The van der Waals surface area contributed by atoms with E-state index >= 15 is 0 Å². The van der Waals surface area contributed by atoms with Crippen molar-refractivity contribution in [3.63, 3.8) is 0 Å². The largest absolute Gasteiger partial charge is 0.411 e. The normalized spacial score (nSPS) is 24.4. The quantitative estimate of drug-likeness (QED) is 0.176. The Kier molecular flexibility index (Phi) is 11.4. The minimum atomic E-state index is -2.82. The van der Waals surface area contributed by atoms with E-state index in [0.29, 0.717) is 12.1 Å². The lowest BCUT2D eigenvalue weighted by Gasteiger charge is -2.56. The van der Waals surface area contributed by atoms with Crippen molar-refractivity contribution >= 4 is 42.7 Å². The van der Waals surface area contributed by atoms with Gasteiger partial charge in [0.25, 0.3) is 0 Å².